The molecule has 88 valence electrons. The largest absolute Gasteiger partial charge is 0.342 e. The summed E-state index contributed by atoms with van der Waals surface area (Å²) < 4.78 is 0. The number of amides is 1. The normalized spacial score (nSPS) is 21.5. The highest BCUT2D eigenvalue weighted by Gasteiger charge is 2.20. The Hall–Kier alpha value is -0.610. The maximum Gasteiger partial charge on any atom is 0.236 e. The van der Waals surface area contributed by atoms with Gasteiger partial charge in [0.2, 0.25) is 5.91 Å². The van der Waals surface area contributed by atoms with E-state index in [0.717, 1.165) is 32.6 Å². The molecule has 0 aliphatic carbocycles. The molecule has 1 atom stereocenters. The van der Waals surface area contributed by atoms with Gasteiger partial charge in [-0.2, -0.15) is 0 Å². The van der Waals surface area contributed by atoms with Crippen LogP contribution in [0.5, 0.6) is 0 Å². The summed E-state index contributed by atoms with van der Waals surface area (Å²) in [7, 11) is 0. The van der Waals surface area contributed by atoms with Crippen molar-refractivity contribution in [2.45, 2.75) is 20.3 Å². The van der Waals surface area contributed by atoms with Crippen LogP contribution in [0.2, 0.25) is 0 Å². The summed E-state index contributed by atoms with van der Waals surface area (Å²) in [6.07, 6.45) is 1.08. The van der Waals surface area contributed by atoms with E-state index in [1.165, 1.54) is 0 Å². The Morgan fingerprint density at radius 1 is 1.47 bits per heavy atom. The summed E-state index contributed by atoms with van der Waals surface area (Å²) in [6.45, 7) is 9.14. The highest BCUT2D eigenvalue weighted by atomic mass is 16.2. The fraction of sp³-hybridized carbons (Fsp3) is 0.909. The molecule has 1 heterocycles. The van der Waals surface area contributed by atoms with E-state index in [2.05, 4.69) is 11.8 Å². The third-order valence-corrected chi connectivity index (χ3v) is 2.97. The molecule has 0 radical (unpaired) electrons. The number of hydrogen-bond donors (Lipinski definition) is 1. The zero-order valence-corrected chi connectivity index (χ0v) is 9.91. The minimum atomic E-state index is 0.263. The molecule has 15 heavy (non-hydrogen) atoms. The van der Waals surface area contributed by atoms with Crippen LogP contribution in [0, 0.1) is 5.92 Å². The van der Waals surface area contributed by atoms with Gasteiger partial charge in [0.15, 0.2) is 0 Å². The van der Waals surface area contributed by atoms with Crippen LogP contribution in [-0.2, 0) is 4.79 Å². The maximum atomic E-state index is 11.8. The SMILES string of the molecule is CCN1CCCN(CC(C)CN)CC1=O. The van der Waals surface area contributed by atoms with Crippen LogP contribution in [-0.4, -0.2) is 55.0 Å². The van der Waals surface area contributed by atoms with Crippen LogP contribution >= 0.6 is 0 Å². The number of nitrogens with zero attached hydrogens (tertiary/aromatic N) is 2. The minimum Gasteiger partial charge on any atom is -0.342 e. The Bertz CT molecular complexity index is 208. The van der Waals surface area contributed by atoms with Crippen LogP contribution < -0.4 is 5.73 Å². The van der Waals surface area contributed by atoms with Gasteiger partial charge in [0, 0.05) is 26.2 Å². The lowest BCUT2D eigenvalue weighted by atomic mass is 10.1. The number of carbonyl (C=O) groups excluding carboxylic acids is 1. The molecule has 1 unspecified atom stereocenters. The van der Waals surface area contributed by atoms with Gasteiger partial charge in [-0.25, -0.2) is 0 Å². The van der Waals surface area contributed by atoms with Crippen molar-refractivity contribution in [3.8, 4) is 0 Å². The Balaban J connectivity index is 2.45. The molecular weight excluding hydrogens is 190 g/mol. The molecular formula is C11H23N3O. The summed E-state index contributed by atoms with van der Waals surface area (Å²) in [5.74, 6) is 0.741. The van der Waals surface area contributed by atoms with Gasteiger partial charge in [-0.1, -0.05) is 6.92 Å². The molecule has 1 saturated heterocycles. The van der Waals surface area contributed by atoms with Crippen molar-refractivity contribution in [2.24, 2.45) is 11.7 Å². The van der Waals surface area contributed by atoms with Crippen molar-refractivity contribution < 1.29 is 4.79 Å². The summed E-state index contributed by atoms with van der Waals surface area (Å²) in [5.41, 5.74) is 5.59. The van der Waals surface area contributed by atoms with Crippen molar-refractivity contribution in [1.82, 2.24) is 9.80 Å². The molecule has 0 saturated carbocycles. The lowest BCUT2D eigenvalue weighted by molar-refractivity contribution is -0.131. The fourth-order valence-corrected chi connectivity index (χ4v) is 1.99. The molecule has 0 aromatic heterocycles. The highest BCUT2D eigenvalue weighted by Crippen LogP contribution is 2.06. The smallest absolute Gasteiger partial charge is 0.236 e. The van der Waals surface area contributed by atoms with Gasteiger partial charge in [0.05, 0.1) is 6.54 Å². The third kappa shape index (κ3) is 3.80. The number of nitrogens with two attached hydrogens (primary N) is 1. The number of carbonyl (C=O) groups is 1. The maximum absolute atomic E-state index is 11.8. The second-order valence-electron chi connectivity index (χ2n) is 4.40. The second-order valence-corrected chi connectivity index (χ2v) is 4.40. The average Bonchev–Trinajstić information content (AvgIpc) is 2.39. The molecule has 4 nitrogen and oxygen atoms in total. The van der Waals surface area contributed by atoms with E-state index in [1.807, 2.05) is 11.8 Å². The molecule has 1 amide bonds. The van der Waals surface area contributed by atoms with Gasteiger partial charge < -0.3 is 10.6 Å². The van der Waals surface area contributed by atoms with Crippen molar-refractivity contribution in [2.75, 3.05) is 39.3 Å². The van der Waals surface area contributed by atoms with E-state index in [9.17, 15) is 4.79 Å². The first-order chi connectivity index (χ1) is 7.17. The zero-order chi connectivity index (χ0) is 11.3. The van der Waals surface area contributed by atoms with Crippen molar-refractivity contribution in [3.05, 3.63) is 0 Å². The number of likely N-dealkylation sites (N-methyl/N-ethyl adjacent to an activating group) is 1. The predicted molar refractivity (Wildman–Crippen MR) is 61.5 cm³/mol. The first-order valence-electron chi connectivity index (χ1n) is 5.87. The average molecular weight is 213 g/mol. The highest BCUT2D eigenvalue weighted by molar-refractivity contribution is 5.78. The molecule has 1 aliphatic heterocycles. The van der Waals surface area contributed by atoms with Crippen LogP contribution in [0.25, 0.3) is 0 Å². The molecule has 1 fully saturated rings. The number of hydrogen-bond acceptors (Lipinski definition) is 3. The van der Waals surface area contributed by atoms with Gasteiger partial charge in [-0.15, -0.1) is 0 Å². The van der Waals surface area contributed by atoms with Gasteiger partial charge in [-0.05, 0) is 25.8 Å². The van der Waals surface area contributed by atoms with Gasteiger partial charge in [-0.3, -0.25) is 9.69 Å². The summed E-state index contributed by atoms with van der Waals surface area (Å²) in [4.78, 5) is 15.9. The Labute approximate surface area is 92.4 Å². The van der Waals surface area contributed by atoms with Crippen LogP contribution in [0.3, 0.4) is 0 Å². The van der Waals surface area contributed by atoms with Gasteiger partial charge >= 0.3 is 0 Å². The van der Waals surface area contributed by atoms with E-state index in [1.54, 1.807) is 0 Å². The topological polar surface area (TPSA) is 49.6 Å². The molecule has 1 rings (SSSR count). The quantitative estimate of drug-likeness (QED) is 0.722. The summed E-state index contributed by atoms with van der Waals surface area (Å²) in [6, 6.07) is 0. The fourth-order valence-electron chi connectivity index (χ4n) is 1.99. The second kappa shape index (κ2) is 6.08. The molecule has 0 bridgehead atoms. The lowest BCUT2D eigenvalue weighted by Crippen LogP contribution is -2.39. The van der Waals surface area contributed by atoms with E-state index >= 15 is 0 Å². The van der Waals surface area contributed by atoms with Crippen molar-refractivity contribution >= 4 is 5.91 Å². The van der Waals surface area contributed by atoms with E-state index in [4.69, 9.17) is 5.73 Å². The molecule has 0 aromatic carbocycles. The van der Waals surface area contributed by atoms with Crippen LogP contribution in [0.15, 0.2) is 0 Å². The van der Waals surface area contributed by atoms with E-state index < -0.39 is 0 Å². The molecule has 1 aliphatic rings. The Morgan fingerprint density at radius 3 is 2.80 bits per heavy atom. The monoisotopic (exact) mass is 213 g/mol. The predicted octanol–water partition coefficient (Wildman–Crippen LogP) is 0.135. The molecule has 4 heteroatoms. The van der Waals surface area contributed by atoms with Gasteiger partial charge in [0.1, 0.15) is 0 Å². The van der Waals surface area contributed by atoms with E-state index in [0.29, 0.717) is 19.0 Å². The number of rotatable bonds is 4. The minimum absolute atomic E-state index is 0.263. The first kappa shape index (κ1) is 12.5. The Kier molecular flexibility index (Phi) is 5.05. The van der Waals surface area contributed by atoms with Crippen LogP contribution in [0.4, 0.5) is 0 Å². The molecule has 2 N–H and O–H groups in total. The van der Waals surface area contributed by atoms with Gasteiger partial charge in [0.25, 0.3) is 0 Å². The van der Waals surface area contributed by atoms with E-state index in [-0.39, 0.29) is 5.91 Å². The lowest BCUT2D eigenvalue weighted by Gasteiger charge is -2.22. The van der Waals surface area contributed by atoms with Crippen molar-refractivity contribution in [3.63, 3.8) is 0 Å². The Morgan fingerprint density at radius 2 is 2.20 bits per heavy atom. The first-order valence-corrected chi connectivity index (χ1v) is 5.87. The van der Waals surface area contributed by atoms with Crippen LogP contribution in [0.1, 0.15) is 20.3 Å². The summed E-state index contributed by atoms with van der Waals surface area (Å²) >= 11 is 0. The van der Waals surface area contributed by atoms with Crippen molar-refractivity contribution in [1.29, 1.82) is 0 Å². The zero-order valence-electron chi connectivity index (χ0n) is 9.91. The standard InChI is InChI=1S/C11H23N3O/c1-3-14-6-4-5-13(9-11(14)15)8-10(2)7-12/h10H,3-9,12H2,1-2H3. The molecule has 0 spiro atoms. The molecule has 0 aromatic rings. The third-order valence-electron chi connectivity index (χ3n) is 2.97. The summed E-state index contributed by atoms with van der Waals surface area (Å²) in [5, 5.41) is 0.